The van der Waals surface area contributed by atoms with E-state index < -0.39 is 10.8 Å². The summed E-state index contributed by atoms with van der Waals surface area (Å²) >= 11 is 0. The number of aromatic hydroxyl groups is 1. The third kappa shape index (κ3) is 2.71. The lowest BCUT2D eigenvalue weighted by Gasteiger charge is -2.04. The lowest BCUT2D eigenvalue weighted by Crippen LogP contribution is -2.12. The number of phenolic OH excluding ortho intramolecular Hbond substituents is 1. The zero-order chi connectivity index (χ0) is 14.0. The summed E-state index contributed by atoms with van der Waals surface area (Å²) < 4.78 is 0. The van der Waals surface area contributed by atoms with Crippen molar-refractivity contribution >= 4 is 17.4 Å². The van der Waals surface area contributed by atoms with Gasteiger partial charge in [-0.1, -0.05) is 6.07 Å². The van der Waals surface area contributed by atoms with Crippen LogP contribution >= 0.6 is 0 Å². The quantitative estimate of drug-likeness (QED) is 0.581. The number of carbonyl (C=O) groups excluding carboxylic acids is 1. The highest BCUT2D eigenvalue weighted by atomic mass is 16.6. The summed E-state index contributed by atoms with van der Waals surface area (Å²) in [6, 6.07) is 7.22. The number of aryl methyl sites for hydroxylation is 1. The zero-order valence-corrected chi connectivity index (χ0v) is 10.0. The van der Waals surface area contributed by atoms with Crippen molar-refractivity contribution in [1.29, 1.82) is 0 Å². The van der Waals surface area contributed by atoms with Gasteiger partial charge in [-0.15, -0.1) is 0 Å². The average molecular weight is 261 g/mol. The molecule has 0 atom stereocenters. The van der Waals surface area contributed by atoms with Crippen LogP contribution in [0.2, 0.25) is 0 Å². The fourth-order valence-corrected chi connectivity index (χ4v) is 1.51. The van der Waals surface area contributed by atoms with E-state index in [0.29, 0.717) is 11.3 Å². The topological polar surface area (TPSA) is 108 Å². The minimum Gasteiger partial charge on any atom is -0.508 e. The number of hydrogen-bond donors (Lipinski definition) is 3. The fourth-order valence-electron chi connectivity index (χ4n) is 1.51. The second-order valence-corrected chi connectivity index (χ2v) is 3.97. The van der Waals surface area contributed by atoms with E-state index in [1.54, 1.807) is 19.1 Å². The van der Waals surface area contributed by atoms with Crippen LogP contribution in [0.5, 0.6) is 5.75 Å². The Bertz CT molecular complexity index is 648. The van der Waals surface area contributed by atoms with Gasteiger partial charge in [-0.3, -0.25) is 4.79 Å². The van der Waals surface area contributed by atoms with Crippen LogP contribution in [0, 0.1) is 17.0 Å². The van der Waals surface area contributed by atoms with E-state index in [0.717, 1.165) is 0 Å². The first-order valence-electron chi connectivity index (χ1n) is 5.42. The van der Waals surface area contributed by atoms with Crippen LogP contribution in [-0.4, -0.2) is 20.9 Å². The zero-order valence-electron chi connectivity index (χ0n) is 10.0. The fraction of sp³-hybridized carbons (Fsp3) is 0.0833. The largest absolute Gasteiger partial charge is 0.508 e. The Morgan fingerprint density at radius 2 is 2.11 bits per heavy atom. The molecule has 0 aliphatic heterocycles. The van der Waals surface area contributed by atoms with Crippen molar-refractivity contribution in [2.24, 2.45) is 0 Å². The van der Waals surface area contributed by atoms with Crippen molar-refractivity contribution in [3.8, 4) is 5.75 Å². The summed E-state index contributed by atoms with van der Waals surface area (Å²) in [6.45, 7) is 1.73. The molecule has 3 N–H and O–H groups in total. The van der Waals surface area contributed by atoms with Crippen LogP contribution in [-0.2, 0) is 0 Å². The predicted molar refractivity (Wildman–Crippen MR) is 68.2 cm³/mol. The summed E-state index contributed by atoms with van der Waals surface area (Å²) in [4.78, 5) is 24.1. The summed E-state index contributed by atoms with van der Waals surface area (Å²) in [5.74, 6) is -0.705. The second kappa shape index (κ2) is 4.81. The number of aromatic amines is 1. The molecule has 0 aliphatic carbocycles. The number of rotatable bonds is 3. The third-order valence-corrected chi connectivity index (χ3v) is 2.58. The molecule has 98 valence electrons. The van der Waals surface area contributed by atoms with Crippen LogP contribution in [0.4, 0.5) is 11.5 Å². The number of anilines is 1. The molecule has 0 saturated heterocycles. The molecule has 0 bridgehead atoms. The Labute approximate surface area is 108 Å². The molecule has 1 aromatic carbocycles. The summed E-state index contributed by atoms with van der Waals surface area (Å²) in [5, 5.41) is 22.5. The molecule has 0 spiro atoms. The van der Waals surface area contributed by atoms with Gasteiger partial charge in [-0.2, -0.15) is 0 Å². The standard InChI is InChI=1S/C12H11N3O4/c1-7-2-3-8(6-10(7)16)13-12(17)9-4-5-11(14-9)15(18)19/h2-6,14,16H,1H3,(H,13,17). The smallest absolute Gasteiger partial charge is 0.321 e. The van der Waals surface area contributed by atoms with E-state index in [2.05, 4.69) is 10.3 Å². The normalized spacial score (nSPS) is 10.2. The lowest BCUT2D eigenvalue weighted by molar-refractivity contribution is -0.389. The van der Waals surface area contributed by atoms with E-state index in [1.165, 1.54) is 18.2 Å². The minimum atomic E-state index is -0.617. The maximum Gasteiger partial charge on any atom is 0.321 e. The van der Waals surface area contributed by atoms with Crippen LogP contribution in [0.15, 0.2) is 30.3 Å². The molecule has 1 amide bonds. The van der Waals surface area contributed by atoms with E-state index in [1.807, 2.05) is 0 Å². The molecular formula is C12H11N3O4. The Balaban J connectivity index is 2.15. The first-order chi connectivity index (χ1) is 8.97. The number of phenols is 1. The van der Waals surface area contributed by atoms with Gasteiger partial charge in [0.1, 0.15) is 5.75 Å². The van der Waals surface area contributed by atoms with Crippen LogP contribution in [0.1, 0.15) is 16.1 Å². The van der Waals surface area contributed by atoms with Gasteiger partial charge in [-0.05, 0) is 29.5 Å². The molecule has 2 rings (SSSR count). The SMILES string of the molecule is Cc1ccc(NC(=O)c2ccc([N+](=O)[O-])[nH]2)cc1O. The van der Waals surface area contributed by atoms with Crippen molar-refractivity contribution in [1.82, 2.24) is 4.98 Å². The minimum absolute atomic E-state index is 0.0651. The predicted octanol–water partition coefficient (Wildman–Crippen LogP) is 2.19. The molecule has 2 aromatic rings. The number of nitrogens with one attached hydrogen (secondary N) is 2. The van der Waals surface area contributed by atoms with Crippen LogP contribution in [0.25, 0.3) is 0 Å². The molecular weight excluding hydrogens is 250 g/mol. The average Bonchev–Trinajstić information content (AvgIpc) is 2.83. The highest BCUT2D eigenvalue weighted by Crippen LogP contribution is 2.21. The van der Waals surface area contributed by atoms with Crippen molar-refractivity contribution in [2.45, 2.75) is 6.92 Å². The molecule has 0 radical (unpaired) electrons. The molecule has 1 aromatic heterocycles. The number of amides is 1. The van der Waals surface area contributed by atoms with Crippen molar-refractivity contribution < 1.29 is 14.8 Å². The molecule has 1 heterocycles. The monoisotopic (exact) mass is 261 g/mol. The molecule has 19 heavy (non-hydrogen) atoms. The molecule has 0 unspecified atom stereocenters. The van der Waals surface area contributed by atoms with Gasteiger partial charge in [0.25, 0.3) is 5.91 Å². The summed E-state index contributed by atoms with van der Waals surface area (Å²) in [5.41, 5.74) is 1.17. The maximum absolute atomic E-state index is 11.8. The van der Waals surface area contributed by atoms with E-state index in [4.69, 9.17) is 0 Å². The number of nitrogens with zero attached hydrogens (tertiary/aromatic N) is 1. The highest BCUT2D eigenvalue weighted by Gasteiger charge is 2.15. The van der Waals surface area contributed by atoms with Gasteiger partial charge in [-0.25, -0.2) is 4.98 Å². The number of benzene rings is 1. The summed E-state index contributed by atoms with van der Waals surface area (Å²) in [6.07, 6.45) is 0. The first kappa shape index (κ1) is 12.6. The van der Waals surface area contributed by atoms with Gasteiger partial charge in [0, 0.05) is 17.8 Å². The van der Waals surface area contributed by atoms with Gasteiger partial charge >= 0.3 is 5.82 Å². The third-order valence-electron chi connectivity index (χ3n) is 2.58. The van der Waals surface area contributed by atoms with Crippen LogP contribution < -0.4 is 5.32 Å². The number of nitro groups is 1. The Morgan fingerprint density at radius 3 is 2.68 bits per heavy atom. The van der Waals surface area contributed by atoms with E-state index in [-0.39, 0.29) is 17.3 Å². The van der Waals surface area contributed by atoms with Gasteiger partial charge in [0.2, 0.25) is 0 Å². The number of hydrogen-bond acceptors (Lipinski definition) is 4. The van der Waals surface area contributed by atoms with Crippen molar-refractivity contribution in [2.75, 3.05) is 5.32 Å². The van der Waals surface area contributed by atoms with Gasteiger partial charge in [0.15, 0.2) is 5.69 Å². The number of H-pyrrole nitrogens is 1. The Hall–Kier alpha value is -2.83. The maximum atomic E-state index is 11.8. The molecule has 0 aliphatic rings. The molecule has 0 fully saturated rings. The number of carbonyl (C=O) groups is 1. The van der Waals surface area contributed by atoms with Gasteiger partial charge in [0.05, 0.1) is 0 Å². The Kier molecular flexibility index (Phi) is 3.19. The molecule has 0 saturated carbocycles. The molecule has 7 heteroatoms. The van der Waals surface area contributed by atoms with E-state index in [9.17, 15) is 20.0 Å². The van der Waals surface area contributed by atoms with E-state index >= 15 is 0 Å². The first-order valence-corrected chi connectivity index (χ1v) is 5.42. The van der Waals surface area contributed by atoms with Gasteiger partial charge < -0.3 is 20.5 Å². The molecule has 7 nitrogen and oxygen atoms in total. The highest BCUT2D eigenvalue weighted by molar-refractivity contribution is 6.03. The number of aromatic nitrogens is 1. The summed E-state index contributed by atoms with van der Waals surface area (Å²) in [7, 11) is 0. The van der Waals surface area contributed by atoms with Crippen molar-refractivity contribution in [3.63, 3.8) is 0 Å². The Morgan fingerprint density at radius 1 is 1.37 bits per heavy atom. The lowest BCUT2D eigenvalue weighted by atomic mass is 10.2. The van der Waals surface area contributed by atoms with Crippen molar-refractivity contribution in [3.05, 3.63) is 51.7 Å². The van der Waals surface area contributed by atoms with Crippen LogP contribution in [0.3, 0.4) is 0 Å². The second-order valence-electron chi connectivity index (χ2n) is 3.97.